The lowest BCUT2D eigenvalue weighted by molar-refractivity contribution is -0.161. The molecule has 0 aromatic rings. The first kappa shape index (κ1) is 69.0. The molecular weight excluding hydrogens is 906 g/mol. The van der Waals surface area contributed by atoms with Gasteiger partial charge in [0.2, 0.25) is 0 Å². The number of unbranched alkanes of at least 4 members (excludes halogenated alkanes) is 36. The third-order valence-electron chi connectivity index (χ3n) is 13.2. The van der Waals surface area contributed by atoms with Crippen molar-refractivity contribution in [2.45, 2.75) is 302 Å². The second-order valence-electron chi connectivity index (χ2n) is 20.2. The smallest absolute Gasteiger partial charge is 0.462 e. The minimum absolute atomic E-state index is 0.0561. The fourth-order valence-electron chi connectivity index (χ4n) is 8.81. The Kier molecular flexibility index (Phi) is 55.6. The average molecular weight is 1020 g/mol. The van der Waals surface area contributed by atoms with Crippen molar-refractivity contribution in [2.24, 2.45) is 5.73 Å². The zero-order valence-corrected chi connectivity index (χ0v) is 47.4. The summed E-state index contributed by atoms with van der Waals surface area (Å²) < 4.78 is 32.9. The maximum Gasteiger partial charge on any atom is 0.472 e. The van der Waals surface area contributed by atoms with E-state index >= 15 is 0 Å². The van der Waals surface area contributed by atoms with Gasteiger partial charge in [0.1, 0.15) is 6.61 Å². The molecule has 416 valence electrons. The van der Waals surface area contributed by atoms with Gasteiger partial charge in [-0.25, -0.2) is 4.57 Å². The molecule has 0 heterocycles. The Labute approximate surface area is 438 Å². The van der Waals surface area contributed by atoms with Crippen LogP contribution in [-0.4, -0.2) is 49.3 Å². The van der Waals surface area contributed by atoms with E-state index in [1.807, 2.05) is 0 Å². The second kappa shape index (κ2) is 57.3. The summed E-state index contributed by atoms with van der Waals surface area (Å²) >= 11 is 0. The van der Waals surface area contributed by atoms with Gasteiger partial charge in [0, 0.05) is 19.4 Å². The fourth-order valence-corrected chi connectivity index (χ4v) is 9.57. The summed E-state index contributed by atoms with van der Waals surface area (Å²) in [6.07, 6.45) is 70.7. The topological polar surface area (TPSA) is 134 Å². The highest BCUT2D eigenvalue weighted by Gasteiger charge is 2.26. The van der Waals surface area contributed by atoms with Crippen molar-refractivity contribution in [2.75, 3.05) is 26.4 Å². The molecule has 10 heteroatoms. The van der Waals surface area contributed by atoms with E-state index in [0.717, 1.165) is 57.8 Å². The van der Waals surface area contributed by atoms with Gasteiger partial charge in [-0.15, -0.1) is 0 Å². The van der Waals surface area contributed by atoms with Gasteiger partial charge in [0.05, 0.1) is 13.2 Å². The number of phosphoric ester groups is 1. The van der Waals surface area contributed by atoms with E-state index in [4.69, 9.17) is 24.3 Å². The predicted molar refractivity (Wildman–Crippen MR) is 303 cm³/mol. The van der Waals surface area contributed by atoms with E-state index in [1.165, 1.54) is 205 Å². The normalized spacial score (nSPS) is 13.4. The average Bonchev–Trinajstić information content (AvgIpc) is 3.36. The number of nitrogens with two attached hydrogens (primary N) is 1. The molecule has 0 fully saturated rings. The largest absolute Gasteiger partial charge is 0.472 e. The lowest BCUT2D eigenvalue weighted by Gasteiger charge is -2.19. The summed E-state index contributed by atoms with van der Waals surface area (Å²) in [4.78, 5) is 35.0. The predicted octanol–water partition coefficient (Wildman–Crippen LogP) is 19.0. The summed E-state index contributed by atoms with van der Waals surface area (Å²) in [6, 6.07) is 0. The molecule has 0 aliphatic carbocycles. The van der Waals surface area contributed by atoms with Gasteiger partial charge in [-0.1, -0.05) is 281 Å². The van der Waals surface area contributed by atoms with Crippen LogP contribution >= 0.6 is 7.82 Å². The molecule has 0 radical (unpaired) electrons. The number of esters is 2. The van der Waals surface area contributed by atoms with E-state index in [1.54, 1.807) is 0 Å². The molecule has 0 spiro atoms. The Morgan fingerprint density at radius 1 is 0.437 bits per heavy atom. The second-order valence-corrected chi connectivity index (χ2v) is 21.7. The molecule has 71 heavy (non-hydrogen) atoms. The molecule has 0 amide bonds. The molecule has 0 bridgehead atoms. The minimum Gasteiger partial charge on any atom is -0.462 e. The van der Waals surface area contributed by atoms with Crippen LogP contribution in [0.15, 0.2) is 48.6 Å². The van der Waals surface area contributed by atoms with Crippen LogP contribution in [-0.2, 0) is 32.7 Å². The Balaban J connectivity index is 3.71. The SMILES string of the molecule is CC/C=C\C/C=C\C/C=C\C/C=C\CCCCCCCCCCCCCCCCCCCCCCCCCCCCC(=O)OC(COC(=O)CCCCCCCCCCCCC)COP(=O)(O)OCCN. The van der Waals surface area contributed by atoms with E-state index < -0.39 is 26.5 Å². The van der Waals surface area contributed by atoms with E-state index in [2.05, 4.69) is 62.5 Å². The van der Waals surface area contributed by atoms with Crippen molar-refractivity contribution in [3.63, 3.8) is 0 Å². The Bertz CT molecular complexity index is 1300. The van der Waals surface area contributed by atoms with Crippen LogP contribution in [0.2, 0.25) is 0 Å². The summed E-state index contributed by atoms with van der Waals surface area (Å²) in [5.41, 5.74) is 5.37. The van der Waals surface area contributed by atoms with Crippen molar-refractivity contribution < 1.29 is 37.6 Å². The zero-order valence-electron chi connectivity index (χ0n) is 46.5. The first-order chi connectivity index (χ1) is 34.8. The third-order valence-corrected chi connectivity index (χ3v) is 14.2. The minimum atomic E-state index is -4.38. The first-order valence-corrected chi connectivity index (χ1v) is 31.6. The Morgan fingerprint density at radius 2 is 0.775 bits per heavy atom. The maximum absolute atomic E-state index is 12.7. The third kappa shape index (κ3) is 57.1. The van der Waals surface area contributed by atoms with Crippen molar-refractivity contribution in [3.8, 4) is 0 Å². The molecule has 0 rings (SSSR count). The van der Waals surface area contributed by atoms with Gasteiger partial charge in [-0.3, -0.25) is 18.6 Å². The number of carbonyl (C=O) groups is 2. The zero-order chi connectivity index (χ0) is 51.7. The van der Waals surface area contributed by atoms with Crippen LogP contribution < -0.4 is 5.73 Å². The van der Waals surface area contributed by atoms with Gasteiger partial charge in [0.25, 0.3) is 0 Å². The number of ether oxygens (including phenoxy) is 2. The van der Waals surface area contributed by atoms with E-state index in [9.17, 15) is 19.0 Å². The van der Waals surface area contributed by atoms with Crippen LogP contribution in [0.4, 0.5) is 0 Å². The molecule has 0 saturated carbocycles. The number of rotatable bonds is 57. The molecule has 0 aromatic heterocycles. The summed E-state index contributed by atoms with van der Waals surface area (Å²) in [7, 11) is -4.38. The van der Waals surface area contributed by atoms with Crippen molar-refractivity contribution >= 4 is 19.8 Å². The van der Waals surface area contributed by atoms with Crippen LogP contribution in [0, 0.1) is 0 Å². The van der Waals surface area contributed by atoms with Crippen molar-refractivity contribution in [3.05, 3.63) is 48.6 Å². The molecule has 2 unspecified atom stereocenters. The quantitative estimate of drug-likeness (QED) is 0.0264. The summed E-state index contributed by atoms with van der Waals surface area (Å²) in [5, 5.41) is 0. The number of carbonyl (C=O) groups excluding carboxylic acids is 2. The molecule has 2 atom stereocenters. The van der Waals surface area contributed by atoms with Gasteiger partial charge in [0.15, 0.2) is 6.10 Å². The molecular formula is C61H114NO8P. The highest BCUT2D eigenvalue weighted by molar-refractivity contribution is 7.47. The van der Waals surface area contributed by atoms with E-state index in [0.29, 0.717) is 6.42 Å². The van der Waals surface area contributed by atoms with Gasteiger partial charge in [-0.05, 0) is 51.4 Å². The highest BCUT2D eigenvalue weighted by Crippen LogP contribution is 2.43. The Hall–Kier alpha value is -2.03. The molecule has 0 saturated heterocycles. The van der Waals surface area contributed by atoms with Crippen molar-refractivity contribution in [1.29, 1.82) is 0 Å². The molecule has 9 nitrogen and oxygen atoms in total. The number of hydrogen-bond acceptors (Lipinski definition) is 8. The van der Waals surface area contributed by atoms with Gasteiger partial charge in [-0.2, -0.15) is 0 Å². The molecule has 0 aromatic carbocycles. The monoisotopic (exact) mass is 1020 g/mol. The van der Waals surface area contributed by atoms with Crippen LogP contribution in [0.5, 0.6) is 0 Å². The molecule has 0 aliphatic rings. The van der Waals surface area contributed by atoms with Crippen LogP contribution in [0.3, 0.4) is 0 Å². The fraction of sp³-hybridized carbons (Fsp3) is 0.836. The number of phosphoric acid groups is 1. The van der Waals surface area contributed by atoms with Crippen molar-refractivity contribution in [1.82, 2.24) is 0 Å². The summed E-state index contributed by atoms with van der Waals surface area (Å²) in [6.45, 7) is 3.65. The standard InChI is InChI=1S/C61H114NO8P/c1-3-5-7-9-11-13-15-16-17-18-19-20-21-22-23-24-25-26-27-28-29-30-31-32-33-34-35-36-37-38-39-40-41-42-44-46-48-50-52-54-61(64)70-59(58-69-71(65,66)68-56-55-62)57-67-60(63)53-51-49-47-45-43-14-12-10-8-6-4-2/h5,7,11,13,16-17,19-20,59H,3-4,6,8-10,12,14-15,18,21-58,62H2,1-2H3,(H,65,66)/b7-5-,13-11-,17-16-,20-19-. The van der Waals surface area contributed by atoms with Gasteiger partial charge >= 0.3 is 19.8 Å². The first-order valence-electron chi connectivity index (χ1n) is 30.1. The molecule has 0 aliphatic heterocycles. The van der Waals surface area contributed by atoms with Gasteiger partial charge < -0.3 is 20.1 Å². The lowest BCUT2D eigenvalue weighted by Crippen LogP contribution is -2.29. The summed E-state index contributed by atoms with van der Waals surface area (Å²) in [5.74, 6) is -0.814. The lowest BCUT2D eigenvalue weighted by atomic mass is 10.0. The van der Waals surface area contributed by atoms with Crippen LogP contribution in [0.1, 0.15) is 296 Å². The van der Waals surface area contributed by atoms with Crippen LogP contribution in [0.25, 0.3) is 0 Å². The highest BCUT2D eigenvalue weighted by atomic mass is 31.2. The Morgan fingerprint density at radius 3 is 1.15 bits per heavy atom. The number of allylic oxidation sites excluding steroid dienone is 8. The maximum atomic E-state index is 12.7. The van der Waals surface area contributed by atoms with E-state index in [-0.39, 0.29) is 38.6 Å². The molecule has 3 N–H and O–H groups in total. The number of hydrogen-bond donors (Lipinski definition) is 2.